The maximum Gasteiger partial charge on any atom is 0.226 e. The Bertz CT molecular complexity index is 743. The molecule has 7 heteroatoms. The quantitative estimate of drug-likeness (QED) is 0.699. The van der Waals surface area contributed by atoms with E-state index in [4.69, 9.17) is 4.52 Å². The van der Waals surface area contributed by atoms with Crippen molar-refractivity contribution in [1.82, 2.24) is 24.6 Å². The largest absolute Gasteiger partial charge is 0.339 e. The van der Waals surface area contributed by atoms with Gasteiger partial charge in [0, 0.05) is 25.4 Å². The van der Waals surface area contributed by atoms with Crippen LogP contribution in [0.1, 0.15) is 24.2 Å². The monoisotopic (exact) mass is 317 g/mol. The van der Waals surface area contributed by atoms with E-state index >= 15 is 0 Å². The van der Waals surface area contributed by atoms with Gasteiger partial charge in [0.05, 0.1) is 11.4 Å². The Balaban J connectivity index is 1.80. The number of rotatable bonds is 6. The highest BCUT2D eigenvalue weighted by molar-refractivity contribution is 7.13. The van der Waals surface area contributed by atoms with Gasteiger partial charge in [-0.1, -0.05) is 12.1 Å². The van der Waals surface area contributed by atoms with Crippen LogP contribution in [-0.4, -0.2) is 38.7 Å². The summed E-state index contributed by atoms with van der Waals surface area (Å²) in [6.07, 6.45) is 4.51. The summed E-state index contributed by atoms with van der Waals surface area (Å²) in [5, 5.41) is 6.18. The lowest BCUT2D eigenvalue weighted by Crippen LogP contribution is -2.09. The van der Waals surface area contributed by atoms with Gasteiger partial charge in [0.2, 0.25) is 5.89 Å². The topological polar surface area (TPSA) is 60.0 Å². The van der Waals surface area contributed by atoms with Gasteiger partial charge in [-0.15, -0.1) is 11.3 Å². The van der Waals surface area contributed by atoms with Crippen molar-refractivity contribution in [2.24, 2.45) is 0 Å². The molecule has 3 rings (SSSR count). The number of aromatic nitrogens is 4. The molecular weight excluding hydrogens is 298 g/mol. The molecule has 0 aliphatic carbocycles. The van der Waals surface area contributed by atoms with E-state index in [0.717, 1.165) is 23.7 Å². The number of hydrogen-bond donors (Lipinski definition) is 0. The lowest BCUT2D eigenvalue weighted by molar-refractivity contribution is 0.375. The first-order chi connectivity index (χ1) is 10.7. The summed E-state index contributed by atoms with van der Waals surface area (Å²) < 4.78 is 7.21. The minimum atomic E-state index is 0.569. The fourth-order valence-corrected chi connectivity index (χ4v) is 3.17. The summed E-state index contributed by atoms with van der Waals surface area (Å²) in [7, 11) is 4.14. The zero-order valence-corrected chi connectivity index (χ0v) is 13.8. The molecule has 0 saturated heterocycles. The Morgan fingerprint density at radius 1 is 1.36 bits per heavy atom. The minimum absolute atomic E-state index is 0.569. The molecule has 0 radical (unpaired) electrons. The van der Waals surface area contributed by atoms with E-state index in [-0.39, 0.29) is 0 Å². The maximum absolute atomic E-state index is 5.16. The molecule has 6 nitrogen and oxygen atoms in total. The molecule has 0 N–H and O–H groups in total. The number of aryl methyl sites for hydroxylation is 1. The van der Waals surface area contributed by atoms with Gasteiger partial charge in [-0.2, -0.15) is 4.98 Å². The molecule has 0 saturated carbocycles. The van der Waals surface area contributed by atoms with Gasteiger partial charge >= 0.3 is 0 Å². The van der Waals surface area contributed by atoms with Crippen molar-refractivity contribution < 1.29 is 4.52 Å². The Labute approximate surface area is 133 Å². The molecule has 0 fully saturated rings. The smallest absolute Gasteiger partial charge is 0.226 e. The van der Waals surface area contributed by atoms with Crippen LogP contribution in [0.15, 0.2) is 28.4 Å². The molecule has 0 aliphatic rings. The summed E-state index contributed by atoms with van der Waals surface area (Å²) in [6, 6.07) is 2.19. The first-order valence-corrected chi connectivity index (χ1v) is 8.08. The third-order valence-electron chi connectivity index (χ3n) is 3.21. The van der Waals surface area contributed by atoms with E-state index in [9.17, 15) is 0 Å². The second-order valence-electron chi connectivity index (χ2n) is 5.39. The Hall–Kier alpha value is -1.99. The lowest BCUT2D eigenvalue weighted by atomic mass is 10.3. The van der Waals surface area contributed by atoms with Gasteiger partial charge in [0.1, 0.15) is 5.82 Å². The van der Waals surface area contributed by atoms with Crippen molar-refractivity contribution in [3.05, 3.63) is 41.1 Å². The predicted octanol–water partition coefficient (Wildman–Crippen LogP) is 2.67. The minimum Gasteiger partial charge on any atom is -0.339 e. The van der Waals surface area contributed by atoms with Gasteiger partial charge < -0.3 is 14.0 Å². The van der Waals surface area contributed by atoms with E-state index < -0.39 is 0 Å². The van der Waals surface area contributed by atoms with Crippen molar-refractivity contribution in [2.75, 3.05) is 14.1 Å². The summed E-state index contributed by atoms with van der Waals surface area (Å²) in [4.78, 5) is 12.1. The van der Waals surface area contributed by atoms with Gasteiger partial charge in [-0.25, -0.2) is 4.98 Å². The molecule has 3 aromatic rings. The zero-order chi connectivity index (χ0) is 15.5. The predicted molar refractivity (Wildman–Crippen MR) is 85.7 cm³/mol. The lowest BCUT2D eigenvalue weighted by Gasteiger charge is -2.06. The van der Waals surface area contributed by atoms with Crippen LogP contribution < -0.4 is 0 Å². The molecule has 0 aliphatic heterocycles. The normalized spacial score (nSPS) is 11.5. The highest BCUT2D eigenvalue weighted by atomic mass is 32.1. The molecule has 0 atom stereocenters. The van der Waals surface area contributed by atoms with Crippen LogP contribution in [0, 0.1) is 0 Å². The van der Waals surface area contributed by atoms with Crippen LogP contribution in [0.25, 0.3) is 10.7 Å². The standard InChI is InChI=1S/C15H19N5OS/c1-4-14-17-13(18-21-14)9-20-6-5-16-15(20)12-7-11(10-22-12)8-19(2)3/h5-7,10H,4,8-9H2,1-3H3. The van der Waals surface area contributed by atoms with E-state index in [1.165, 1.54) is 5.56 Å². The van der Waals surface area contributed by atoms with E-state index in [1.54, 1.807) is 11.3 Å². The summed E-state index contributed by atoms with van der Waals surface area (Å²) in [5.41, 5.74) is 1.30. The van der Waals surface area contributed by atoms with E-state index in [0.29, 0.717) is 18.3 Å². The van der Waals surface area contributed by atoms with Crippen LogP contribution in [0.4, 0.5) is 0 Å². The Morgan fingerprint density at radius 3 is 2.95 bits per heavy atom. The molecule has 0 spiro atoms. The van der Waals surface area contributed by atoms with Gasteiger partial charge in [0.15, 0.2) is 5.82 Å². The molecule has 116 valence electrons. The molecule has 0 bridgehead atoms. The zero-order valence-electron chi connectivity index (χ0n) is 13.0. The van der Waals surface area contributed by atoms with Crippen molar-refractivity contribution >= 4 is 11.3 Å². The first-order valence-electron chi connectivity index (χ1n) is 7.20. The van der Waals surface area contributed by atoms with Gasteiger partial charge in [-0.3, -0.25) is 0 Å². The average molecular weight is 317 g/mol. The number of hydrogen-bond acceptors (Lipinski definition) is 6. The summed E-state index contributed by atoms with van der Waals surface area (Å²) >= 11 is 1.71. The number of imidazole rings is 1. The van der Waals surface area contributed by atoms with Crippen molar-refractivity contribution in [2.45, 2.75) is 26.4 Å². The third kappa shape index (κ3) is 3.26. The molecule has 3 heterocycles. The van der Waals surface area contributed by atoms with Gasteiger partial charge in [-0.05, 0) is 31.1 Å². The van der Waals surface area contributed by atoms with Crippen LogP contribution >= 0.6 is 11.3 Å². The van der Waals surface area contributed by atoms with Crippen molar-refractivity contribution in [3.8, 4) is 10.7 Å². The molecule has 3 aromatic heterocycles. The second kappa shape index (κ2) is 6.41. The molecule has 0 amide bonds. The average Bonchev–Trinajstić information content (AvgIpc) is 3.19. The summed E-state index contributed by atoms with van der Waals surface area (Å²) in [5.74, 6) is 2.29. The van der Waals surface area contributed by atoms with Crippen LogP contribution in [0.5, 0.6) is 0 Å². The fourth-order valence-electron chi connectivity index (χ4n) is 2.25. The Kier molecular flexibility index (Phi) is 4.35. The third-order valence-corrected chi connectivity index (χ3v) is 4.19. The van der Waals surface area contributed by atoms with Crippen molar-refractivity contribution in [3.63, 3.8) is 0 Å². The van der Waals surface area contributed by atoms with Crippen LogP contribution in [-0.2, 0) is 19.5 Å². The van der Waals surface area contributed by atoms with E-state index in [2.05, 4.69) is 50.1 Å². The van der Waals surface area contributed by atoms with E-state index in [1.807, 2.05) is 19.3 Å². The highest BCUT2D eigenvalue weighted by Crippen LogP contribution is 2.26. The number of nitrogens with zero attached hydrogens (tertiary/aromatic N) is 5. The Morgan fingerprint density at radius 2 is 2.23 bits per heavy atom. The van der Waals surface area contributed by atoms with Crippen LogP contribution in [0.3, 0.4) is 0 Å². The molecular formula is C15H19N5OS. The molecule has 0 unspecified atom stereocenters. The molecule has 22 heavy (non-hydrogen) atoms. The van der Waals surface area contributed by atoms with Crippen LogP contribution in [0.2, 0.25) is 0 Å². The first kappa shape index (κ1) is 14.9. The molecule has 0 aromatic carbocycles. The number of thiophene rings is 1. The van der Waals surface area contributed by atoms with Crippen molar-refractivity contribution in [1.29, 1.82) is 0 Å². The highest BCUT2D eigenvalue weighted by Gasteiger charge is 2.12. The second-order valence-corrected chi connectivity index (χ2v) is 6.30. The van der Waals surface area contributed by atoms with Gasteiger partial charge in [0.25, 0.3) is 0 Å². The fraction of sp³-hybridized carbons (Fsp3) is 0.400. The maximum atomic E-state index is 5.16. The SMILES string of the molecule is CCc1nc(Cn2ccnc2-c2cc(CN(C)C)cs2)no1. The summed E-state index contributed by atoms with van der Waals surface area (Å²) in [6.45, 7) is 3.50.